The summed E-state index contributed by atoms with van der Waals surface area (Å²) >= 11 is 5.07. The summed E-state index contributed by atoms with van der Waals surface area (Å²) in [7, 11) is 0. The lowest BCUT2D eigenvalue weighted by Gasteiger charge is -2.35. The van der Waals surface area contributed by atoms with Crippen LogP contribution in [0, 0.1) is 12.8 Å². The smallest absolute Gasteiger partial charge is 0.232 e. The zero-order valence-corrected chi connectivity index (χ0v) is 17.8. The molecule has 0 spiro atoms. The number of rotatable bonds is 4. The predicted octanol–water partition coefficient (Wildman–Crippen LogP) is 4.10. The summed E-state index contributed by atoms with van der Waals surface area (Å²) in [6.07, 6.45) is 5.13. The van der Waals surface area contributed by atoms with E-state index in [4.69, 9.17) is 0 Å². The van der Waals surface area contributed by atoms with Crippen molar-refractivity contribution in [3.63, 3.8) is 0 Å². The third kappa shape index (κ3) is 5.03. The highest BCUT2D eigenvalue weighted by molar-refractivity contribution is 9.10. The van der Waals surface area contributed by atoms with Crippen LogP contribution in [-0.2, 0) is 9.59 Å². The van der Waals surface area contributed by atoms with Crippen LogP contribution in [0.4, 0.5) is 0 Å². The first-order valence-electron chi connectivity index (χ1n) is 9.50. The molecule has 1 aromatic carbocycles. The molecular weight excluding hydrogens is 412 g/mol. The lowest BCUT2D eigenvalue weighted by molar-refractivity contribution is -0.140. The molecule has 6 heteroatoms. The van der Waals surface area contributed by atoms with Gasteiger partial charge in [0.15, 0.2) is 0 Å². The molecule has 0 N–H and O–H groups in total. The molecule has 2 heterocycles. The zero-order valence-electron chi connectivity index (χ0n) is 15.4. The highest BCUT2D eigenvalue weighted by Gasteiger charge is 2.30. The van der Waals surface area contributed by atoms with Crippen LogP contribution < -0.4 is 0 Å². The molecule has 0 aromatic heterocycles. The van der Waals surface area contributed by atoms with Crippen LogP contribution in [0.3, 0.4) is 0 Å². The Kier molecular flexibility index (Phi) is 7.04. The maximum absolute atomic E-state index is 12.6. The summed E-state index contributed by atoms with van der Waals surface area (Å²) in [6, 6.07) is 6.14. The van der Waals surface area contributed by atoms with Gasteiger partial charge >= 0.3 is 0 Å². The van der Waals surface area contributed by atoms with Gasteiger partial charge in [-0.1, -0.05) is 15.9 Å². The molecule has 2 saturated heterocycles. The number of carbonyl (C=O) groups excluding carboxylic acids is 2. The first kappa shape index (κ1) is 19.7. The van der Waals surface area contributed by atoms with Gasteiger partial charge in [0.05, 0.1) is 5.75 Å². The normalized spacial score (nSPS) is 18.8. The molecule has 2 aliphatic rings. The lowest BCUT2D eigenvalue weighted by Crippen LogP contribution is -2.46. The number of halogens is 1. The molecule has 2 amide bonds. The second kappa shape index (κ2) is 9.27. The van der Waals surface area contributed by atoms with Crippen molar-refractivity contribution in [3.8, 4) is 0 Å². The van der Waals surface area contributed by atoms with E-state index in [-0.39, 0.29) is 11.8 Å². The van der Waals surface area contributed by atoms with E-state index in [1.165, 1.54) is 12.0 Å². The molecule has 26 heavy (non-hydrogen) atoms. The largest absolute Gasteiger partial charge is 0.342 e. The van der Waals surface area contributed by atoms with Crippen molar-refractivity contribution < 1.29 is 9.59 Å². The summed E-state index contributed by atoms with van der Waals surface area (Å²) in [5.74, 6) is 1.07. The maximum atomic E-state index is 12.6. The number of amides is 2. The minimum Gasteiger partial charge on any atom is -0.342 e. The van der Waals surface area contributed by atoms with Gasteiger partial charge in [0.25, 0.3) is 0 Å². The van der Waals surface area contributed by atoms with Crippen molar-refractivity contribution in [3.05, 3.63) is 28.2 Å². The summed E-state index contributed by atoms with van der Waals surface area (Å²) in [5.41, 5.74) is 1.18. The van der Waals surface area contributed by atoms with Gasteiger partial charge in [0.2, 0.25) is 11.8 Å². The standard InChI is InChI=1S/C20H27BrN2O2S/c1-15-13-17(21)5-6-18(15)26-14-19(24)22-11-7-16(8-12-22)20(25)23-9-3-2-4-10-23/h5-6,13,16H,2-4,7-12,14H2,1H3. The molecular formula is C20H27BrN2O2S. The molecule has 3 rings (SSSR count). The molecule has 0 saturated carbocycles. The first-order valence-corrected chi connectivity index (χ1v) is 11.3. The Morgan fingerprint density at radius 3 is 2.42 bits per heavy atom. The molecule has 1 aromatic rings. The third-order valence-corrected chi connectivity index (χ3v) is 7.01. The van der Waals surface area contributed by atoms with Gasteiger partial charge in [-0.05, 0) is 62.8 Å². The molecule has 0 radical (unpaired) electrons. The van der Waals surface area contributed by atoms with Crippen LogP contribution in [-0.4, -0.2) is 53.5 Å². The van der Waals surface area contributed by atoms with Crippen molar-refractivity contribution in [2.24, 2.45) is 5.92 Å². The van der Waals surface area contributed by atoms with Gasteiger partial charge in [-0.3, -0.25) is 9.59 Å². The summed E-state index contributed by atoms with van der Waals surface area (Å²) in [5, 5.41) is 0. The van der Waals surface area contributed by atoms with Gasteiger partial charge in [0.1, 0.15) is 0 Å². The van der Waals surface area contributed by atoms with Gasteiger partial charge in [0, 0.05) is 41.5 Å². The first-order chi connectivity index (χ1) is 12.5. The molecule has 2 fully saturated rings. The van der Waals surface area contributed by atoms with Crippen LogP contribution in [0.5, 0.6) is 0 Å². The molecule has 0 bridgehead atoms. The van der Waals surface area contributed by atoms with Gasteiger partial charge in [-0.15, -0.1) is 11.8 Å². The van der Waals surface area contributed by atoms with E-state index in [9.17, 15) is 9.59 Å². The Hall–Kier alpha value is -1.01. The van der Waals surface area contributed by atoms with Crippen molar-refractivity contribution in [2.75, 3.05) is 31.9 Å². The van der Waals surface area contributed by atoms with Crippen molar-refractivity contribution in [1.82, 2.24) is 9.80 Å². The number of thioether (sulfide) groups is 1. The van der Waals surface area contributed by atoms with Crippen LogP contribution in [0.2, 0.25) is 0 Å². The molecule has 2 aliphatic heterocycles. The monoisotopic (exact) mass is 438 g/mol. The number of hydrogen-bond acceptors (Lipinski definition) is 3. The van der Waals surface area contributed by atoms with E-state index < -0.39 is 0 Å². The van der Waals surface area contributed by atoms with Gasteiger partial charge in [-0.2, -0.15) is 0 Å². The average molecular weight is 439 g/mol. The third-order valence-electron chi connectivity index (χ3n) is 5.35. The molecule has 142 valence electrons. The quantitative estimate of drug-likeness (QED) is 0.664. The fourth-order valence-corrected chi connectivity index (χ4v) is 5.14. The molecule has 0 atom stereocenters. The Bertz CT molecular complexity index is 653. The van der Waals surface area contributed by atoms with Crippen LogP contribution in [0.25, 0.3) is 0 Å². The zero-order chi connectivity index (χ0) is 18.5. The fraction of sp³-hybridized carbons (Fsp3) is 0.600. The number of aryl methyl sites for hydroxylation is 1. The van der Waals surface area contributed by atoms with Crippen LogP contribution in [0.1, 0.15) is 37.7 Å². The SMILES string of the molecule is Cc1cc(Br)ccc1SCC(=O)N1CCC(C(=O)N2CCCCC2)CC1. The van der Waals surface area contributed by atoms with Gasteiger partial charge < -0.3 is 9.80 Å². The topological polar surface area (TPSA) is 40.6 Å². The van der Waals surface area contributed by atoms with Crippen molar-refractivity contribution in [1.29, 1.82) is 0 Å². The highest BCUT2D eigenvalue weighted by atomic mass is 79.9. The van der Waals surface area contributed by atoms with E-state index in [1.807, 2.05) is 15.9 Å². The Balaban J connectivity index is 1.45. The number of piperidine rings is 2. The summed E-state index contributed by atoms with van der Waals surface area (Å²) < 4.78 is 1.06. The number of benzene rings is 1. The molecule has 0 aliphatic carbocycles. The Labute approximate surface area is 168 Å². The van der Waals surface area contributed by atoms with E-state index in [2.05, 4.69) is 35.0 Å². The summed E-state index contributed by atoms with van der Waals surface area (Å²) in [6.45, 7) is 5.32. The van der Waals surface area contributed by atoms with E-state index in [0.717, 1.165) is 48.1 Å². The Morgan fingerprint density at radius 1 is 1.08 bits per heavy atom. The summed E-state index contributed by atoms with van der Waals surface area (Å²) in [4.78, 5) is 30.3. The average Bonchev–Trinajstić information content (AvgIpc) is 2.67. The van der Waals surface area contributed by atoms with Gasteiger partial charge in [-0.25, -0.2) is 0 Å². The lowest BCUT2D eigenvalue weighted by atomic mass is 9.94. The fourth-order valence-electron chi connectivity index (χ4n) is 3.75. The van der Waals surface area contributed by atoms with Crippen LogP contribution in [0.15, 0.2) is 27.6 Å². The minimum atomic E-state index is 0.110. The highest BCUT2D eigenvalue weighted by Crippen LogP contribution is 2.27. The van der Waals surface area contributed by atoms with Crippen molar-refractivity contribution in [2.45, 2.75) is 43.9 Å². The van der Waals surface area contributed by atoms with E-state index in [1.54, 1.807) is 11.8 Å². The molecule has 4 nitrogen and oxygen atoms in total. The predicted molar refractivity (Wildman–Crippen MR) is 109 cm³/mol. The number of carbonyl (C=O) groups is 2. The number of nitrogens with zero attached hydrogens (tertiary/aromatic N) is 2. The number of hydrogen-bond donors (Lipinski definition) is 0. The van der Waals surface area contributed by atoms with Crippen molar-refractivity contribution >= 4 is 39.5 Å². The second-order valence-electron chi connectivity index (χ2n) is 7.24. The number of likely N-dealkylation sites (tertiary alicyclic amines) is 2. The van der Waals surface area contributed by atoms with E-state index in [0.29, 0.717) is 24.7 Å². The van der Waals surface area contributed by atoms with Crippen LogP contribution >= 0.6 is 27.7 Å². The minimum absolute atomic E-state index is 0.110. The Morgan fingerprint density at radius 2 is 1.77 bits per heavy atom. The second-order valence-corrected chi connectivity index (χ2v) is 9.17. The van der Waals surface area contributed by atoms with E-state index >= 15 is 0 Å². The molecule has 0 unspecified atom stereocenters. The maximum Gasteiger partial charge on any atom is 0.232 e.